The van der Waals surface area contributed by atoms with Gasteiger partial charge in [-0.25, -0.2) is 0 Å². The zero-order valence-electron chi connectivity index (χ0n) is 9.02. The number of rotatable bonds is 1. The van der Waals surface area contributed by atoms with Crippen LogP contribution in [0.3, 0.4) is 0 Å². The summed E-state index contributed by atoms with van der Waals surface area (Å²) in [5.74, 6) is 0.752. The molecule has 1 aromatic rings. The molecule has 0 aliphatic rings. The van der Waals surface area contributed by atoms with Gasteiger partial charge in [-0.15, -0.1) is 0 Å². The van der Waals surface area contributed by atoms with Crippen LogP contribution in [-0.2, 0) is 5.41 Å². The molecule has 0 aliphatic heterocycles. The monoisotopic (exact) mass is 305 g/mol. The Hall–Kier alpha value is -0.450. The Morgan fingerprint density at radius 1 is 1.29 bits per heavy atom. The number of hydrogen-bond acceptors (Lipinski definition) is 2. The average molecular weight is 305 g/mol. The van der Waals surface area contributed by atoms with Crippen LogP contribution in [0.5, 0.6) is 5.75 Å². The van der Waals surface area contributed by atoms with Gasteiger partial charge in [-0.3, -0.25) is 0 Å². The van der Waals surface area contributed by atoms with Crippen LogP contribution in [0.1, 0.15) is 26.3 Å². The summed E-state index contributed by atoms with van der Waals surface area (Å²) in [6.45, 7) is 6.53. The first-order valence-electron chi connectivity index (χ1n) is 4.49. The summed E-state index contributed by atoms with van der Waals surface area (Å²) in [5.41, 5.74) is 7.96. The van der Waals surface area contributed by atoms with Gasteiger partial charge in [0, 0.05) is 3.57 Å². The fourth-order valence-electron chi connectivity index (χ4n) is 1.32. The van der Waals surface area contributed by atoms with Gasteiger partial charge in [-0.05, 0) is 45.7 Å². The molecule has 1 aromatic carbocycles. The number of nitrogen functional groups attached to an aromatic ring is 1. The van der Waals surface area contributed by atoms with E-state index >= 15 is 0 Å². The van der Waals surface area contributed by atoms with Crippen molar-refractivity contribution in [3.63, 3.8) is 0 Å². The van der Waals surface area contributed by atoms with Crippen molar-refractivity contribution in [2.24, 2.45) is 0 Å². The SMILES string of the molecule is COc1cc(I)c(C(C)(C)C)cc1N. The summed E-state index contributed by atoms with van der Waals surface area (Å²) in [5, 5.41) is 0. The number of nitrogens with two attached hydrogens (primary N) is 1. The largest absolute Gasteiger partial charge is 0.495 e. The van der Waals surface area contributed by atoms with Gasteiger partial charge in [0.25, 0.3) is 0 Å². The molecule has 0 amide bonds. The van der Waals surface area contributed by atoms with Crippen molar-refractivity contribution < 1.29 is 4.74 Å². The Kier molecular flexibility index (Phi) is 3.29. The first kappa shape index (κ1) is 11.6. The number of ether oxygens (including phenoxy) is 1. The molecule has 0 saturated heterocycles. The molecule has 0 atom stereocenters. The van der Waals surface area contributed by atoms with Crippen LogP contribution in [-0.4, -0.2) is 7.11 Å². The second kappa shape index (κ2) is 3.96. The van der Waals surface area contributed by atoms with Gasteiger partial charge in [-0.1, -0.05) is 20.8 Å². The van der Waals surface area contributed by atoms with E-state index in [1.165, 1.54) is 9.13 Å². The molecule has 0 heterocycles. The zero-order chi connectivity index (χ0) is 10.9. The third-order valence-corrected chi connectivity index (χ3v) is 3.02. The second-order valence-electron chi connectivity index (χ2n) is 4.32. The summed E-state index contributed by atoms with van der Waals surface area (Å²) < 4.78 is 6.36. The van der Waals surface area contributed by atoms with Crippen LogP contribution in [0, 0.1) is 3.57 Å². The highest BCUT2D eigenvalue weighted by atomic mass is 127. The topological polar surface area (TPSA) is 35.2 Å². The van der Waals surface area contributed by atoms with Gasteiger partial charge < -0.3 is 10.5 Å². The Balaban J connectivity index is 3.29. The minimum atomic E-state index is 0.122. The molecule has 3 heteroatoms. The highest BCUT2D eigenvalue weighted by Crippen LogP contribution is 2.33. The predicted octanol–water partition coefficient (Wildman–Crippen LogP) is 3.18. The predicted molar refractivity (Wildman–Crippen MR) is 68.8 cm³/mol. The fourth-order valence-corrected chi connectivity index (χ4v) is 2.57. The molecule has 0 bridgehead atoms. The molecule has 2 nitrogen and oxygen atoms in total. The summed E-state index contributed by atoms with van der Waals surface area (Å²) >= 11 is 2.32. The van der Waals surface area contributed by atoms with E-state index in [0.717, 1.165) is 5.75 Å². The molecule has 0 aliphatic carbocycles. The summed E-state index contributed by atoms with van der Waals surface area (Å²) in [6, 6.07) is 3.98. The molecule has 0 aromatic heterocycles. The van der Waals surface area contributed by atoms with Crippen LogP contribution in [0.15, 0.2) is 12.1 Å². The first-order valence-corrected chi connectivity index (χ1v) is 5.57. The van der Waals surface area contributed by atoms with Gasteiger partial charge in [0.15, 0.2) is 0 Å². The van der Waals surface area contributed by atoms with Crippen LogP contribution >= 0.6 is 22.6 Å². The smallest absolute Gasteiger partial charge is 0.142 e. The van der Waals surface area contributed by atoms with Crippen molar-refractivity contribution >= 4 is 28.3 Å². The summed E-state index contributed by atoms with van der Waals surface area (Å²) in [7, 11) is 1.64. The maximum absolute atomic E-state index is 5.87. The Bertz CT molecular complexity index is 342. The van der Waals surface area contributed by atoms with Crippen molar-refractivity contribution in [2.45, 2.75) is 26.2 Å². The molecule has 0 fully saturated rings. The molecule has 0 radical (unpaired) electrons. The number of methoxy groups -OCH3 is 1. The van der Waals surface area contributed by atoms with Crippen LogP contribution in [0.25, 0.3) is 0 Å². The molecule has 14 heavy (non-hydrogen) atoms. The Labute approximate surface area is 99.0 Å². The lowest BCUT2D eigenvalue weighted by Gasteiger charge is -2.22. The van der Waals surface area contributed by atoms with Crippen LogP contribution < -0.4 is 10.5 Å². The van der Waals surface area contributed by atoms with Crippen molar-refractivity contribution in [3.8, 4) is 5.75 Å². The van der Waals surface area contributed by atoms with E-state index in [-0.39, 0.29) is 5.41 Å². The van der Waals surface area contributed by atoms with Crippen molar-refractivity contribution in [1.29, 1.82) is 0 Å². The van der Waals surface area contributed by atoms with Gasteiger partial charge in [0.2, 0.25) is 0 Å². The third-order valence-electron chi connectivity index (χ3n) is 2.13. The number of benzene rings is 1. The maximum atomic E-state index is 5.87. The normalized spacial score (nSPS) is 11.5. The molecule has 0 unspecified atom stereocenters. The standard InChI is InChI=1S/C11H16INO/c1-11(2,3)7-5-9(13)10(14-4)6-8(7)12/h5-6H,13H2,1-4H3. The molecule has 2 N–H and O–H groups in total. The van der Waals surface area contributed by atoms with Crippen molar-refractivity contribution in [3.05, 3.63) is 21.3 Å². The minimum absolute atomic E-state index is 0.122. The fraction of sp³-hybridized carbons (Fsp3) is 0.455. The molecule has 78 valence electrons. The highest BCUT2D eigenvalue weighted by molar-refractivity contribution is 14.1. The molecule has 1 rings (SSSR count). The molecule has 0 spiro atoms. The molecular weight excluding hydrogens is 289 g/mol. The second-order valence-corrected chi connectivity index (χ2v) is 5.49. The van der Waals surface area contributed by atoms with Gasteiger partial charge in [0.1, 0.15) is 5.75 Å². The number of halogens is 1. The lowest BCUT2D eigenvalue weighted by atomic mass is 9.87. The van der Waals surface area contributed by atoms with Crippen molar-refractivity contribution in [2.75, 3.05) is 12.8 Å². The average Bonchev–Trinajstić information content (AvgIpc) is 2.06. The van der Waals surface area contributed by atoms with Crippen LogP contribution in [0.2, 0.25) is 0 Å². The van der Waals surface area contributed by atoms with E-state index in [9.17, 15) is 0 Å². The van der Waals surface area contributed by atoms with E-state index < -0.39 is 0 Å². The minimum Gasteiger partial charge on any atom is -0.495 e. The molecular formula is C11H16INO. The molecule has 0 saturated carbocycles. The van der Waals surface area contributed by atoms with Crippen LogP contribution in [0.4, 0.5) is 5.69 Å². The Morgan fingerprint density at radius 3 is 2.29 bits per heavy atom. The van der Waals surface area contributed by atoms with Gasteiger partial charge >= 0.3 is 0 Å². The maximum Gasteiger partial charge on any atom is 0.142 e. The van der Waals surface area contributed by atoms with E-state index in [4.69, 9.17) is 10.5 Å². The summed E-state index contributed by atoms with van der Waals surface area (Å²) in [4.78, 5) is 0. The first-order chi connectivity index (χ1) is 6.36. The van der Waals surface area contributed by atoms with E-state index in [2.05, 4.69) is 43.4 Å². The summed E-state index contributed by atoms with van der Waals surface area (Å²) in [6.07, 6.45) is 0. The third kappa shape index (κ3) is 2.32. The Morgan fingerprint density at radius 2 is 1.86 bits per heavy atom. The number of hydrogen-bond donors (Lipinski definition) is 1. The van der Waals surface area contributed by atoms with Gasteiger partial charge in [0.05, 0.1) is 12.8 Å². The zero-order valence-corrected chi connectivity index (χ0v) is 11.2. The quantitative estimate of drug-likeness (QED) is 0.639. The lowest BCUT2D eigenvalue weighted by Crippen LogP contribution is -2.14. The lowest BCUT2D eigenvalue weighted by molar-refractivity contribution is 0.416. The van der Waals surface area contributed by atoms with Gasteiger partial charge in [-0.2, -0.15) is 0 Å². The van der Waals surface area contributed by atoms with Crippen molar-refractivity contribution in [1.82, 2.24) is 0 Å². The van der Waals surface area contributed by atoms with E-state index in [0.29, 0.717) is 5.69 Å². The van der Waals surface area contributed by atoms with E-state index in [1.54, 1.807) is 7.11 Å². The number of anilines is 1. The highest BCUT2D eigenvalue weighted by Gasteiger charge is 2.18. The van der Waals surface area contributed by atoms with E-state index in [1.807, 2.05) is 12.1 Å².